The smallest absolute Gasteiger partial charge is 0.307 e. The number of para-hydroxylation sites is 1. The number of hydrogen-bond acceptors (Lipinski definition) is 4. The van der Waals surface area contributed by atoms with Crippen molar-refractivity contribution in [2.24, 2.45) is 5.73 Å². The molecule has 5 nitrogen and oxygen atoms in total. The topological polar surface area (TPSA) is 92.8 Å². The number of hydrogen-bond donors (Lipinski definition) is 3. The Morgan fingerprint density at radius 3 is 2.50 bits per heavy atom. The Labute approximate surface area is 176 Å². The molecule has 0 aliphatic carbocycles. The summed E-state index contributed by atoms with van der Waals surface area (Å²) in [5.41, 5.74) is 11.8. The number of aliphatic carboxylic acids is 1. The lowest BCUT2D eigenvalue weighted by atomic mass is 9.96. The number of aliphatic hydroxyl groups excluding tert-OH is 1. The minimum absolute atomic E-state index is 0.0751. The summed E-state index contributed by atoms with van der Waals surface area (Å²) in [5, 5.41) is 18.5. The zero-order valence-electron chi connectivity index (χ0n) is 17.0. The Morgan fingerprint density at radius 1 is 1.00 bits per heavy atom. The Balaban J connectivity index is 1.87. The van der Waals surface area contributed by atoms with Crippen molar-refractivity contribution in [1.29, 1.82) is 0 Å². The van der Waals surface area contributed by atoms with Gasteiger partial charge < -0.3 is 20.7 Å². The minimum Gasteiger partial charge on any atom is -0.489 e. The lowest BCUT2D eigenvalue weighted by Gasteiger charge is -2.14. The molecule has 0 aromatic heterocycles. The number of benzene rings is 3. The van der Waals surface area contributed by atoms with Gasteiger partial charge in [-0.25, -0.2) is 0 Å². The summed E-state index contributed by atoms with van der Waals surface area (Å²) in [6.45, 7) is 2.34. The number of aryl methyl sites for hydroxylation is 1. The summed E-state index contributed by atoms with van der Waals surface area (Å²) >= 11 is 0. The zero-order valence-corrected chi connectivity index (χ0v) is 17.0. The number of nitrogens with two attached hydrogens (primary N) is 1. The molecule has 0 saturated carbocycles. The molecule has 0 spiro atoms. The summed E-state index contributed by atoms with van der Waals surface area (Å²) in [6, 6.07) is 21.0. The van der Waals surface area contributed by atoms with Gasteiger partial charge in [0.1, 0.15) is 12.4 Å². The molecule has 0 aliphatic heterocycles. The second-order valence-electron chi connectivity index (χ2n) is 7.27. The van der Waals surface area contributed by atoms with Crippen LogP contribution in [0.5, 0.6) is 5.75 Å². The summed E-state index contributed by atoms with van der Waals surface area (Å²) < 4.78 is 5.98. The highest BCUT2D eigenvalue weighted by Crippen LogP contribution is 2.27. The summed E-state index contributed by atoms with van der Waals surface area (Å²) in [4.78, 5) is 11.1. The molecule has 1 atom stereocenters. The third kappa shape index (κ3) is 5.47. The Kier molecular flexibility index (Phi) is 7.22. The van der Waals surface area contributed by atoms with Crippen molar-refractivity contribution < 1.29 is 19.7 Å². The van der Waals surface area contributed by atoms with Crippen LogP contribution in [-0.4, -0.2) is 22.8 Å². The zero-order chi connectivity index (χ0) is 21.5. The Hall–Kier alpha value is -3.15. The van der Waals surface area contributed by atoms with Gasteiger partial charge in [-0.2, -0.15) is 0 Å². The van der Waals surface area contributed by atoms with E-state index in [0.29, 0.717) is 17.9 Å². The van der Waals surface area contributed by atoms with Crippen LogP contribution in [0.4, 0.5) is 0 Å². The second kappa shape index (κ2) is 10.1. The van der Waals surface area contributed by atoms with E-state index in [4.69, 9.17) is 15.6 Å². The first kappa shape index (κ1) is 21.6. The van der Waals surface area contributed by atoms with E-state index >= 15 is 0 Å². The number of carboxylic acid groups (broad SMARTS) is 1. The maximum Gasteiger partial charge on any atom is 0.307 e. The molecule has 30 heavy (non-hydrogen) atoms. The molecular weight excluding hydrogens is 378 g/mol. The monoisotopic (exact) mass is 405 g/mol. The van der Waals surface area contributed by atoms with Gasteiger partial charge in [-0.1, -0.05) is 55.5 Å². The van der Waals surface area contributed by atoms with E-state index in [1.165, 1.54) is 5.56 Å². The lowest BCUT2D eigenvalue weighted by molar-refractivity contribution is -0.136. The van der Waals surface area contributed by atoms with Crippen LogP contribution in [0, 0.1) is 0 Å². The average molecular weight is 405 g/mol. The fraction of sp³-hybridized carbons (Fsp3) is 0.240. The average Bonchev–Trinajstić information content (AvgIpc) is 2.77. The van der Waals surface area contributed by atoms with E-state index in [1.54, 1.807) is 12.1 Å². The van der Waals surface area contributed by atoms with Gasteiger partial charge >= 0.3 is 5.97 Å². The van der Waals surface area contributed by atoms with Gasteiger partial charge in [-0.15, -0.1) is 0 Å². The second-order valence-corrected chi connectivity index (χ2v) is 7.27. The van der Waals surface area contributed by atoms with Gasteiger partial charge in [0, 0.05) is 5.56 Å². The first-order valence-electron chi connectivity index (χ1n) is 10.0. The van der Waals surface area contributed by atoms with Crippen molar-refractivity contribution >= 4 is 5.97 Å². The highest BCUT2D eigenvalue weighted by atomic mass is 16.5. The van der Waals surface area contributed by atoms with E-state index in [0.717, 1.165) is 28.7 Å². The largest absolute Gasteiger partial charge is 0.489 e. The van der Waals surface area contributed by atoms with Crippen molar-refractivity contribution in [3.05, 3.63) is 89.0 Å². The van der Waals surface area contributed by atoms with E-state index in [1.807, 2.05) is 36.4 Å². The molecule has 0 saturated heterocycles. The Bertz CT molecular complexity index is 1020. The Morgan fingerprint density at radius 2 is 1.77 bits per heavy atom. The number of carbonyl (C=O) groups is 1. The van der Waals surface area contributed by atoms with Gasteiger partial charge in [-0.05, 0) is 52.4 Å². The molecule has 0 bridgehead atoms. The minimum atomic E-state index is -0.887. The van der Waals surface area contributed by atoms with Crippen LogP contribution < -0.4 is 10.5 Å². The standard InChI is InChI=1S/C25H27NO4/c1-2-17-10-18(16-30-24-9-4-3-6-21(24)14-25(28)29)12-22(11-17)19-7-5-8-20(13-19)23(26)15-27/h3-13,23,27H,2,14-16,26H2,1H3,(H,28,29). The van der Waals surface area contributed by atoms with Crippen LogP contribution in [0.15, 0.2) is 66.7 Å². The first-order valence-corrected chi connectivity index (χ1v) is 10.0. The molecule has 0 fully saturated rings. The molecule has 4 N–H and O–H groups in total. The van der Waals surface area contributed by atoms with Crippen LogP contribution in [0.3, 0.4) is 0 Å². The molecule has 0 heterocycles. The highest BCUT2D eigenvalue weighted by molar-refractivity contribution is 5.71. The van der Waals surface area contributed by atoms with Crippen molar-refractivity contribution in [1.82, 2.24) is 0 Å². The predicted octanol–water partition coefficient (Wildman–Crippen LogP) is 4.11. The first-order chi connectivity index (χ1) is 14.5. The number of aliphatic hydroxyl groups is 1. The summed E-state index contributed by atoms with van der Waals surface area (Å²) in [5.74, 6) is -0.304. The van der Waals surface area contributed by atoms with Crippen LogP contribution in [0.2, 0.25) is 0 Å². The van der Waals surface area contributed by atoms with E-state index in [-0.39, 0.29) is 13.0 Å². The third-order valence-electron chi connectivity index (χ3n) is 5.01. The maximum atomic E-state index is 11.1. The van der Waals surface area contributed by atoms with Crippen LogP contribution >= 0.6 is 0 Å². The van der Waals surface area contributed by atoms with Gasteiger partial charge in [-0.3, -0.25) is 4.79 Å². The van der Waals surface area contributed by atoms with Crippen LogP contribution in [0.25, 0.3) is 11.1 Å². The maximum absolute atomic E-state index is 11.1. The van der Waals surface area contributed by atoms with Crippen molar-refractivity contribution in [2.75, 3.05) is 6.61 Å². The number of ether oxygens (including phenoxy) is 1. The van der Waals surface area contributed by atoms with Crippen molar-refractivity contribution in [2.45, 2.75) is 32.4 Å². The molecular formula is C25H27NO4. The molecule has 0 aliphatic rings. The van der Waals surface area contributed by atoms with E-state index < -0.39 is 12.0 Å². The van der Waals surface area contributed by atoms with Crippen LogP contribution in [-0.2, 0) is 24.2 Å². The highest BCUT2D eigenvalue weighted by Gasteiger charge is 2.10. The molecule has 3 aromatic carbocycles. The lowest BCUT2D eigenvalue weighted by Crippen LogP contribution is -2.14. The van der Waals surface area contributed by atoms with Gasteiger partial charge in [0.05, 0.1) is 19.1 Å². The fourth-order valence-electron chi connectivity index (χ4n) is 3.39. The van der Waals surface area contributed by atoms with Gasteiger partial charge in [0.25, 0.3) is 0 Å². The fourth-order valence-corrected chi connectivity index (χ4v) is 3.39. The molecule has 3 aromatic rings. The molecule has 3 rings (SSSR count). The van der Waals surface area contributed by atoms with Crippen molar-refractivity contribution in [3.8, 4) is 16.9 Å². The third-order valence-corrected chi connectivity index (χ3v) is 5.01. The normalized spacial score (nSPS) is 11.8. The SMILES string of the molecule is CCc1cc(COc2ccccc2CC(=O)O)cc(-c2cccc(C(N)CO)c2)c1. The van der Waals surface area contributed by atoms with Gasteiger partial charge in [0.2, 0.25) is 0 Å². The molecule has 1 unspecified atom stereocenters. The van der Waals surface area contributed by atoms with Crippen LogP contribution in [0.1, 0.15) is 35.2 Å². The summed E-state index contributed by atoms with van der Waals surface area (Å²) in [7, 11) is 0. The molecule has 0 amide bonds. The molecule has 0 radical (unpaired) electrons. The summed E-state index contributed by atoms with van der Waals surface area (Å²) in [6.07, 6.45) is 0.806. The molecule has 156 valence electrons. The van der Waals surface area contributed by atoms with Crippen molar-refractivity contribution in [3.63, 3.8) is 0 Å². The number of carboxylic acids is 1. The van der Waals surface area contributed by atoms with E-state index in [9.17, 15) is 9.90 Å². The van der Waals surface area contributed by atoms with E-state index in [2.05, 4.69) is 25.1 Å². The van der Waals surface area contributed by atoms with Gasteiger partial charge in [0.15, 0.2) is 0 Å². The predicted molar refractivity (Wildman–Crippen MR) is 117 cm³/mol. The number of rotatable bonds is 9. The molecule has 5 heteroatoms. The quantitative estimate of drug-likeness (QED) is 0.498.